The minimum atomic E-state index is -0.559. The number of hydrogen-bond acceptors (Lipinski definition) is 2. The summed E-state index contributed by atoms with van der Waals surface area (Å²) in [6.45, 7) is 9.01. The van der Waals surface area contributed by atoms with Gasteiger partial charge in [0.25, 0.3) is 0 Å². The molecule has 3 heteroatoms. The van der Waals surface area contributed by atoms with Crippen molar-refractivity contribution in [3.63, 3.8) is 0 Å². The monoisotopic (exact) mass is 273 g/mol. The molecule has 3 nitrogen and oxygen atoms in total. The zero-order chi connectivity index (χ0) is 14.5. The first-order valence-corrected chi connectivity index (χ1v) is 7.42. The molecule has 0 N–H and O–H groups in total. The molecule has 1 amide bonds. The fraction of sp³-hybridized carbons (Fsp3) is 0.588. The number of fused-ring (bicyclic) bond motifs is 1. The van der Waals surface area contributed by atoms with E-state index in [1.54, 1.807) is 0 Å². The lowest BCUT2D eigenvalue weighted by atomic mass is 9.86. The van der Waals surface area contributed by atoms with Gasteiger partial charge in [0.2, 0.25) is 5.91 Å². The number of nitrogens with zero attached hydrogens (tertiary/aromatic N) is 1. The minimum Gasteiger partial charge on any atom is -0.349 e. The Morgan fingerprint density at radius 1 is 1.25 bits per heavy atom. The van der Waals surface area contributed by atoms with Crippen LogP contribution in [0.2, 0.25) is 0 Å². The Kier molecular flexibility index (Phi) is 2.94. The van der Waals surface area contributed by atoms with Crippen molar-refractivity contribution < 1.29 is 9.53 Å². The zero-order valence-electron chi connectivity index (χ0n) is 12.7. The van der Waals surface area contributed by atoms with Crippen LogP contribution in [0.25, 0.3) is 0 Å². The van der Waals surface area contributed by atoms with Crippen LogP contribution in [0, 0.1) is 11.3 Å². The summed E-state index contributed by atoms with van der Waals surface area (Å²) in [5, 5.41) is 0. The third-order valence-corrected chi connectivity index (χ3v) is 4.69. The third-order valence-electron chi connectivity index (χ3n) is 4.69. The van der Waals surface area contributed by atoms with E-state index in [0.29, 0.717) is 12.5 Å². The molecule has 2 aliphatic heterocycles. The van der Waals surface area contributed by atoms with Crippen LogP contribution in [0.3, 0.4) is 0 Å². The maximum atomic E-state index is 12.8. The minimum absolute atomic E-state index is 0.171. The van der Waals surface area contributed by atoms with Crippen molar-refractivity contribution in [3.05, 3.63) is 35.9 Å². The second kappa shape index (κ2) is 4.32. The van der Waals surface area contributed by atoms with Gasteiger partial charge < -0.3 is 9.64 Å². The summed E-state index contributed by atoms with van der Waals surface area (Å²) in [5.74, 6) is 0.621. The SMILES string of the molecule is CC(C)[C@H]1CO[C@]2(c3ccccc3)CC(C)(C)C(=O)N12. The highest BCUT2D eigenvalue weighted by Gasteiger charge is 2.62. The molecule has 2 atom stereocenters. The molecular formula is C17H23NO2. The Morgan fingerprint density at radius 3 is 2.50 bits per heavy atom. The van der Waals surface area contributed by atoms with Crippen LogP contribution < -0.4 is 0 Å². The largest absolute Gasteiger partial charge is 0.349 e. The van der Waals surface area contributed by atoms with Gasteiger partial charge in [0.1, 0.15) is 0 Å². The maximum absolute atomic E-state index is 12.8. The zero-order valence-corrected chi connectivity index (χ0v) is 12.7. The molecular weight excluding hydrogens is 250 g/mol. The number of carbonyl (C=O) groups is 1. The molecule has 2 saturated heterocycles. The molecule has 0 spiro atoms. The summed E-state index contributed by atoms with van der Waals surface area (Å²) >= 11 is 0. The molecule has 2 heterocycles. The lowest BCUT2D eigenvalue weighted by Gasteiger charge is -2.34. The molecule has 3 rings (SSSR count). The van der Waals surface area contributed by atoms with E-state index in [1.165, 1.54) is 0 Å². The molecule has 20 heavy (non-hydrogen) atoms. The van der Waals surface area contributed by atoms with E-state index >= 15 is 0 Å². The van der Waals surface area contributed by atoms with Crippen molar-refractivity contribution in [1.82, 2.24) is 4.90 Å². The standard InChI is InChI=1S/C17H23NO2/c1-12(2)14-10-20-17(13-8-6-5-7-9-13)11-16(3,4)15(19)18(14)17/h5-9,12,14H,10-11H2,1-4H3/t14-,17+/m1/s1. The number of benzene rings is 1. The van der Waals surface area contributed by atoms with E-state index in [1.807, 2.05) is 36.9 Å². The van der Waals surface area contributed by atoms with Crippen molar-refractivity contribution >= 4 is 5.91 Å². The average molecular weight is 273 g/mol. The Labute approximate surface area is 120 Å². The van der Waals surface area contributed by atoms with Gasteiger partial charge in [0.05, 0.1) is 12.6 Å². The van der Waals surface area contributed by atoms with Gasteiger partial charge in [0, 0.05) is 17.4 Å². The second-order valence-electron chi connectivity index (χ2n) is 7.01. The highest BCUT2D eigenvalue weighted by Crippen LogP contribution is 2.54. The van der Waals surface area contributed by atoms with Crippen molar-refractivity contribution in [2.45, 2.75) is 45.9 Å². The number of ether oxygens (including phenoxy) is 1. The molecule has 0 unspecified atom stereocenters. The molecule has 1 aromatic rings. The van der Waals surface area contributed by atoms with Crippen LogP contribution in [0.1, 0.15) is 39.7 Å². The van der Waals surface area contributed by atoms with E-state index in [4.69, 9.17) is 4.74 Å². The van der Waals surface area contributed by atoms with Crippen LogP contribution in [0.5, 0.6) is 0 Å². The lowest BCUT2D eigenvalue weighted by Crippen LogP contribution is -2.46. The van der Waals surface area contributed by atoms with Gasteiger partial charge in [-0.2, -0.15) is 0 Å². The molecule has 0 bridgehead atoms. The fourth-order valence-corrected chi connectivity index (χ4v) is 3.60. The quantitative estimate of drug-likeness (QED) is 0.828. The van der Waals surface area contributed by atoms with Gasteiger partial charge in [-0.15, -0.1) is 0 Å². The molecule has 0 saturated carbocycles. The second-order valence-corrected chi connectivity index (χ2v) is 7.01. The van der Waals surface area contributed by atoms with Crippen molar-refractivity contribution in [3.8, 4) is 0 Å². The Hall–Kier alpha value is -1.35. The van der Waals surface area contributed by atoms with Crippen LogP contribution >= 0.6 is 0 Å². The molecule has 108 valence electrons. The van der Waals surface area contributed by atoms with Crippen molar-refractivity contribution in [2.24, 2.45) is 11.3 Å². The van der Waals surface area contributed by atoms with E-state index in [2.05, 4.69) is 26.0 Å². The van der Waals surface area contributed by atoms with Crippen LogP contribution in [-0.2, 0) is 15.3 Å². The van der Waals surface area contributed by atoms with Gasteiger partial charge in [-0.3, -0.25) is 4.79 Å². The summed E-state index contributed by atoms with van der Waals surface area (Å²) in [5.41, 5.74) is 0.183. The predicted molar refractivity (Wildman–Crippen MR) is 77.9 cm³/mol. The smallest absolute Gasteiger partial charge is 0.231 e. The first-order valence-electron chi connectivity index (χ1n) is 7.42. The van der Waals surface area contributed by atoms with E-state index in [0.717, 1.165) is 12.0 Å². The van der Waals surface area contributed by atoms with Crippen LogP contribution in [-0.4, -0.2) is 23.5 Å². The molecule has 0 aromatic heterocycles. The number of amides is 1. The summed E-state index contributed by atoms with van der Waals surface area (Å²) in [6.07, 6.45) is 0.728. The molecule has 0 radical (unpaired) electrons. The van der Waals surface area contributed by atoms with E-state index in [-0.39, 0.29) is 17.4 Å². The van der Waals surface area contributed by atoms with Crippen molar-refractivity contribution in [1.29, 1.82) is 0 Å². The van der Waals surface area contributed by atoms with Crippen LogP contribution in [0.15, 0.2) is 30.3 Å². The topological polar surface area (TPSA) is 29.5 Å². The Bertz CT molecular complexity index is 523. The first kappa shape index (κ1) is 13.6. The van der Waals surface area contributed by atoms with E-state index in [9.17, 15) is 4.79 Å². The van der Waals surface area contributed by atoms with Crippen LogP contribution in [0.4, 0.5) is 0 Å². The third kappa shape index (κ3) is 1.72. The Balaban J connectivity index is 2.11. The highest BCUT2D eigenvalue weighted by atomic mass is 16.5. The molecule has 2 aliphatic rings. The lowest BCUT2D eigenvalue weighted by molar-refractivity contribution is -0.143. The fourth-order valence-electron chi connectivity index (χ4n) is 3.60. The number of rotatable bonds is 2. The summed E-state index contributed by atoms with van der Waals surface area (Å²) in [6, 6.07) is 10.4. The van der Waals surface area contributed by atoms with Gasteiger partial charge >= 0.3 is 0 Å². The predicted octanol–water partition coefficient (Wildman–Crippen LogP) is 3.15. The highest BCUT2D eigenvalue weighted by molar-refractivity contribution is 5.86. The normalized spacial score (nSPS) is 31.9. The summed E-state index contributed by atoms with van der Waals surface area (Å²) in [4.78, 5) is 14.9. The van der Waals surface area contributed by atoms with Gasteiger partial charge in [-0.05, 0) is 5.92 Å². The van der Waals surface area contributed by atoms with Gasteiger partial charge in [0.15, 0.2) is 5.72 Å². The number of carbonyl (C=O) groups excluding carboxylic acids is 1. The Morgan fingerprint density at radius 2 is 1.90 bits per heavy atom. The van der Waals surface area contributed by atoms with E-state index < -0.39 is 5.72 Å². The first-order chi connectivity index (χ1) is 9.38. The van der Waals surface area contributed by atoms with Gasteiger partial charge in [-0.25, -0.2) is 0 Å². The molecule has 2 fully saturated rings. The molecule has 1 aromatic carbocycles. The van der Waals surface area contributed by atoms with Crippen molar-refractivity contribution in [2.75, 3.05) is 6.61 Å². The maximum Gasteiger partial charge on any atom is 0.231 e. The summed E-state index contributed by atoms with van der Waals surface area (Å²) < 4.78 is 6.24. The average Bonchev–Trinajstić information content (AvgIpc) is 2.86. The number of hydrogen-bond donors (Lipinski definition) is 0. The summed E-state index contributed by atoms with van der Waals surface area (Å²) in [7, 11) is 0. The van der Waals surface area contributed by atoms with Gasteiger partial charge in [-0.1, -0.05) is 58.0 Å². The molecule has 0 aliphatic carbocycles.